The average Bonchev–Trinajstić information content (AvgIpc) is 3.81. The van der Waals surface area contributed by atoms with Crippen LogP contribution < -0.4 is 36.0 Å². The monoisotopic (exact) mass is 988 g/mol. The summed E-state index contributed by atoms with van der Waals surface area (Å²) in [7, 11) is -2.86. The minimum Gasteiger partial charge on any atom is -0.392 e. The zero-order valence-electron chi connectivity index (χ0n) is 41.5. The second-order valence-electron chi connectivity index (χ2n) is 20.8. The van der Waals surface area contributed by atoms with Crippen LogP contribution >= 0.6 is 7.75 Å². The van der Waals surface area contributed by atoms with Gasteiger partial charge in [0.2, 0.25) is 5.91 Å². The summed E-state index contributed by atoms with van der Waals surface area (Å²) in [5.74, 6) is -0.183. The predicted octanol–water partition coefficient (Wildman–Crippen LogP) is 5.67. The number of aryl methyl sites for hydroxylation is 1. The lowest BCUT2D eigenvalue weighted by molar-refractivity contribution is -0.111. The maximum atomic E-state index is 14.1. The van der Waals surface area contributed by atoms with Crippen LogP contribution in [0.4, 0.5) is 34.4 Å². The molecule has 6 N–H and O–H groups in total. The summed E-state index contributed by atoms with van der Waals surface area (Å²) in [5.41, 5.74) is 6.50. The number of fused-ring (bicyclic) bond motifs is 3. The molecule has 376 valence electrons. The summed E-state index contributed by atoms with van der Waals surface area (Å²) in [6.07, 6.45) is 9.79. The fraction of sp³-hybridized carbons (Fsp3) is 0.451. The highest BCUT2D eigenvalue weighted by atomic mass is 31.2. The molecule has 9 rings (SSSR count). The lowest BCUT2D eigenvalue weighted by Gasteiger charge is -2.48. The number of amides is 2. The molecule has 3 aliphatic heterocycles. The van der Waals surface area contributed by atoms with Crippen molar-refractivity contribution in [2.45, 2.75) is 104 Å². The molecule has 7 heterocycles. The Bertz CT molecular complexity index is 3020. The van der Waals surface area contributed by atoms with Gasteiger partial charge in [0.05, 0.1) is 34.9 Å². The minimum atomic E-state index is -4.49. The van der Waals surface area contributed by atoms with Crippen LogP contribution in [0.25, 0.3) is 11.3 Å². The first-order chi connectivity index (χ1) is 33.6. The van der Waals surface area contributed by atoms with Gasteiger partial charge in [0.25, 0.3) is 11.5 Å². The molecule has 4 aliphatic rings. The van der Waals surface area contributed by atoms with E-state index in [0.29, 0.717) is 71.1 Å². The zero-order chi connectivity index (χ0) is 50.7. The Balaban J connectivity index is 0.906. The molecule has 1 aromatic carbocycles. The number of pyridine rings is 2. The van der Waals surface area contributed by atoms with Gasteiger partial charge in [-0.05, 0) is 113 Å². The number of piperidine rings is 1. The standard InChI is InChI=1S/C51H65N12O7P/c1-9-45(65)55-39-24-34(10-11-41(39)61-19-18-59(28-32(61)3)35-14-17-60(31(2)22-35)36-12-15-52-44(25-36)51(6,7)57-71(68,69)70)54-46-49(67)58(8)29-40(56-46)37-13-16-53-47(38(37)30-64)63-21-20-62-42(48(63)66)23-33-26-50(4,5)27-43(33)62/h9-13,15-16,23-25,29,31-32,35,64H,1,14,17-22,26-28,30H2,2-8H3,(H,54,56)(H,55,65)(H3,57,68,69,70)/t31-,32+,35?/m1/s1. The molecule has 20 heteroatoms. The van der Waals surface area contributed by atoms with Crippen molar-refractivity contribution in [1.82, 2.24) is 34.1 Å². The number of rotatable bonds is 13. The van der Waals surface area contributed by atoms with Crippen LogP contribution in [-0.4, -0.2) is 107 Å². The summed E-state index contributed by atoms with van der Waals surface area (Å²) < 4.78 is 15.3. The molecule has 4 aromatic heterocycles. The molecule has 0 saturated carbocycles. The van der Waals surface area contributed by atoms with Gasteiger partial charge in [0.15, 0.2) is 5.82 Å². The number of carbonyl (C=O) groups is 2. The van der Waals surface area contributed by atoms with Gasteiger partial charge < -0.3 is 44.5 Å². The van der Waals surface area contributed by atoms with Gasteiger partial charge in [-0.1, -0.05) is 20.4 Å². The van der Waals surface area contributed by atoms with Gasteiger partial charge in [-0.3, -0.25) is 29.2 Å². The molecule has 0 radical (unpaired) electrons. The Morgan fingerprint density at radius 2 is 1.75 bits per heavy atom. The SMILES string of the molecule is C=CC(=O)Nc1cc(Nc2nc(-c3ccnc(N4CCn5c(cc6c5CC(C)(C)C6)C4=O)c3CO)cn(C)c2=O)ccc1N1CCN(C2CCN(c3ccnc(C(C)(C)NP(=O)(O)O)c3)[C@H](C)C2)C[C@@H]1C. The van der Waals surface area contributed by atoms with E-state index in [1.54, 1.807) is 56.5 Å². The number of anilines is 6. The molecule has 19 nitrogen and oxygen atoms in total. The Hall–Kier alpha value is -6.21. The van der Waals surface area contributed by atoms with Crippen molar-refractivity contribution in [3.8, 4) is 11.3 Å². The van der Waals surface area contributed by atoms with E-state index in [0.717, 1.165) is 56.7 Å². The van der Waals surface area contributed by atoms with Crippen LogP contribution in [0.1, 0.15) is 87.4 Å². The minimum absolute atomic E-state index is 0.0256. The van der Waals surface area contributed by atoms with Gasteiger partial charge in [-0.15, -0.1) is 0 Å². The second kappa shape index (κ2) is 19.1. The molecule has 1 aliphatic carbocycles. The molecule has 2 amide bonds. The topological polar surface area (TPSA) is 227 Å². The number of hydrogen-bond donors (Lipinski definition) is 6. The van der Waals surface area contributed by atoms with Gasteiger partial charge >= 0.3 is 7.75 Å². The van der Waals surface area contributed by atoms with Crippen LogP contribution in [0.15, 0.2) is 78.5 Å². The van der Waals surface area contributed by atoms with Gasteiger partial charge in [0, 0.05) is 111 Å². The molecule has 1 unspecified atom stereocenters. The normalized spacial score (nSPS) is 20.5. The molecule has 3 atom stereocenters. The van der Waals surface area contributed by atoms with Crippen LogP contribution in [0.2, 0.25) is 0 Å². The fourth-order valence-electron chi connectivity index (χ4n) is 11.2. The number of hydrogen-bond acceptors (Lipinski definition) is 12. The first-order valence-electron chi connectivity index (χ1n) is 24.3. The lowest BCUT2D eigenvalue weighted by Crippen LogP contribution is -2.58. The third-order valence-corrected chi connectivity index (χ3v) is 15.4. The number of aromatic nitrogens is 5. The number of benzene rings is 1. The fourth-order valence-corrected chi connectivity index (χ4v) is 12.1. The van der Waals surface area contributed by atoms with Gasteiger partial charge in [-0.2, -0.15) is 0 Å². The first kappa shape index (κ1) is 49.8. The maximum absolute atomic E-state index is 14.1. The lowest BCUT2D eigenvalue weighted by atomic mass is 9.90. The van der Waals surface area contributed by atoms with Crippen molar-refractivity contribution in [3.63, 3.8) is 0 Å². The number of nitrogens with zero attached hydrogens (tertiary/aromatic N) is 9. The second-order valence-corrected chi connectivity index (χ2v) is 22.1. The molecular formula is C51H65N12O7P. The Kier molecular flexibility index (Phi) is 13.4. The van der Waals surface area contributed by atoms with Crippen LogP contribution in [-0.2, 0) is 47.9 Å². The number of carbonyl (C=O) groups excluding carboxylic acids is 2. The van der Waals surface area contributed by atoms with Gasteiger partial charge in [0.1, 0.15) is 11.5 Å². The third kappa shape index (κ3) is 10.0. The summed E-state index contributed by atoms with van der Waals surface area (Å²) in [6, 6.07) is 13.8. The third-order valence-electron chi connectivity index (χ3n) is 14.6. The van der Waals surface area contributed by atoms with Crippen LogP contribution in [0.3, 0.4) is 0 Å². The van der Waals surface area contributed by atoms with E-state index in [4.69, 9.17) is 4.98 Å². The first-order valence-corrected chi connectivity index (χ1v) is 25.9. The number of aliphatic hydroxyl groups is 1. The van der Waals surface area contributed by atoms with Crippen molar-refractivity contribution in [2.24, 2.45) is 12.5 Å². The van der Waals surface area contributed by atoms with Crippen LogP contribution in [0.5, 0.6) is 0 Å². The summed E-state index contributed by atoms with van der Waals surface area (Å²) in [6.45, 7) is 19.7. The molecule has 2 saturated heterocycles. The van der Waals surface area contributed by atoms with E-state index in [2.05, 4.69) is 79.2 Å². The smallest absolute Gasteiger partial charge is 0.392 e. The van der Waals surface area contributed by atoms with Gasteiger partial charge in [-0.25, -0.2) is 19.6 Å². The summed E-state index contributed by atoms with van der Waals surface area (Å²) in [4.78, 5) is 82.5. The highest BCUT2D eigenvalue weighted by Crippen LogP contribution is 2.41. The van der Waals surface area contributed by atoms with E-state index in [9.17, 15) is 33.8 Å². The van der Waals surface area contributed by atoms with Crippen molar-refractivity contribution in [1.29, 1.82) is 0 Å². The average molecular weight is 989 g/mol. The number of aliphatic hydroxyl groups excluding tert-OH is 1. The van der Waals surface area contributed by atoms with Crippen molar-refractivity contribution < 1.29 is 29.0 Å². The summed E-state index contributed by atoms with van der Waals surface area (Å²) >= 11 is 0. The maximum Gasteiger partial charge on any atom is 0.401 e. The quantitative estimate of drug-likeness (QED) is 0.0618. The molecular weight excluding hydrogens is 924 g/mol. The zero-order valence-corrected chi connectivity index (χ0v) is 42.4. The summed E-state index contributed by atoms with van der Waals surface area (Å²) in [5, 5.41) is 19.5. The number of nitrogens with one attached hydrogen (secondary N) is 3. The molecule has 0 bridgehead atoms. The largest absolute Gasteiger partial charge is 0.401 e. The Labute approximate surface area is 413 Å². The van der Waals surface area contributed by atoms with E-state index < -0.39 is 25.5 Å². The van der Waals surface area contributed by atoms with E-state index >= 15 is 0 Å². The highest BCUT2D eigenvalue weighted by molar-refractivity contribution is 7.49. The Morgan fingerprint density at radius 1 is 0.972 bits per heavy atom. The molecule has 71 heavy (non-hydrogen) atoms. The molecule has 2 fully saturated rings. The van der Waals surface area contributed by atoms with Crippen molar-refractivity contribution in [2.75, 3.05) is 58.1 Å². The number of piperazine rings is 1. The van der Waals surface area contributed by atoms with E-state index in [-0.39, 0.29) is 35.1 Å². The van der Waals surface area contributed by atoms with Crippen LogP contribution in [0, 0.1) is 5.41 Å². The Morgan fingerprint density at radius 3 is 2.46 bits per heavy atom. The van der Waals surface area contributed by atoms with E-state index in [1.165, 1.54) is 21.9 Å². The van der Waals surface area contributed by atoms with Crippen molar-refractivity contribution >= 4 is 53.9 Å². The highest BCUT2D eigenvalue weighted by Gasteiger charge is 2.39. The molecule has 5 aromatic rings. The van der Waals surface area contributed by atoms with E-state index in [1.807, 2.05) is 30.3 Å². The van der Waals surface area contributed by atoms with Crippen molar-refractivity contribution in [3.05, 3.63) is 112 Å². The molecule has 0 spiro atoms. The predicted molar refractivity (Wildman–Crippen MR) is 275 cm³/mol.